The van der Waals surface area contributed by atoms with Crippen molar-refractivity contribution in [2.75, 3.05) is 30.9 Å². The molecule has 0 saturated carbocycles. The van der Waals surface area contributed by atoms with Gasteiger partial charge in [0, 0.05) is 42.8 Å². The zero-order chi connectivity index (χ0) is 19.2. The number of benzene rings is 1. The van der Waals surface area contributed by atoms with Crippen LogP contribution in [-0.2, 0) is 6.42 Å². The molecule has 1 aromatic carbocycles. The fraction of sp³-hybridized carbons (Fsp3) is 0.250. The summed E-state index contributed by atoms with van der Waals surface area (Å²) < 4.78 is 5.39. The van der Waals surface area contributed by atoms with Crippen molar-refractivity contribution in [2.45, 2.75) is 13.3 Å². The summed E-state index contributed by atoms with van der Waals surface area (Å²) in [6, 6.07) is 11.3. The summed E-state index contributed by atoms with van der Waals surface area (Å²) >= 11 is 6.11. The van der Waals surface area contributed by atoms with E-state index >= 15 is 0 Å². The Morgan fingerprint density at radius 2 is 1.89 bits per heavy atom. The number of halogens is 1. The first-order valence-electron chi connectivity index (χ1n) is 8.61. The highest BCUT2D eigenvalue weighted by atomic mass is 35.5. The second-order valence-corrected chi connectivity index (χ2v) is 6.63. The maximum absolute atomic E-state index is 6.11. The van der Waals surface area contributed by atoms with Crippen LogP contribution in [0.3, 0.4) is 0 Å². The van der Waals surface area contributed by atoms with Gasteiger partial charge in [0.1, 0.15) is 11.6 Å². The number of hydrogen-bond acceptors (Lipinski definition) is 6. The molecule has 0 radical (unpaired) electrons. The van der Waals surface area contributed by atoms with E-state index in [4.69, 9.17) is 16.3 Å². The Hall–Kier alpha value is -2.86. The molecule has 0 unspecified atom stereocenters. The Bertz CT molecular complexity index is 904. The van der Waals surface area contributed by atoms with E-state index in [1.54, 1.807) is 25.6 Å². The molecule has 2 aromatic heterocycles. The smallest absolute Gasteiger partial charge is 0.227 e. The summed E-state index contributed by atoms with van der Waals surface area (Å²) in [4.78, 5) is 15.3. The molecule has 0 aliphatic heterocycles. The Kier molecular flexibility index (Phi) is 6.08. The van der Waals surface area contributed by atoms with Gasteiger partial charge in [-0.1, -0.05) is 11.6 Å². The van der Waals surface area contributed by atoms with Crippen LogP contribution in [0.4, 0.5) is 17.5 Å². The van der Waals surface area contributed by atoms with Crippen molar-refractivity contribution in [1.29, 1.82) is 0 Å². The molecule has 3 rings (SSSR count). The van der Waals surface area contributed by atoms with Crippen LogP contribution in [0.5, 0.6) is 5.75 Å². The fourth-order valence-corrected chi connectivity index (χ4v) is 2.82. The van der Waals surface area contributed by atoms with E-state index in [1.807, 2.05) is 49.2 Å². The molecular weight excluding hydrogens is 362 g/mol. The molecule has 0 fully saturated rings. The monoisotopic (exact) mass is 383 g/mol. The summed E-state index contributed by atoms with van der Waals surface area (Å²) in [6.07, 6.45) is 4.50. The van der Waals surface area contributed by atoms with E-state index in [-0.39, 0.29) is 0 Å². The first-order valence-corrected chi connectivity index (χ1v) is 8.99. The van der Waals surface area contributed by atoms with E-state index in [0.717, 1.165) is 24.3 Å². The maximum atomic E-state index is 6.11. The molecule has 27 heavy (non-hydrogen) atoms. The summed E-state index contributed by atoms with van der Waals surface area (Å²) in [5.41, 5.74) is 2.86. The number of methoxy groups -OCH3 is 1. The minimum atomic E-state index is 0.624. The number of aromatic nitrogens is 3. The van der Waals surface area contributed by atoms with Crippen LogP contribution in [-0.4, -0.2) is 35.7 Å². The average Bonchev–Trinajstić information content (AvgIpc) is 2.66. The molecule has 0 amide bonds. The van der Waals surface area contributed by atoms with Crippen LogP contribution in [0, 0.1) is 6.92 Å². The third-order valence-electron chi connectivity index (χ3n) is 4.09. The van der Waals surface area contributed by atoms with Gasteiger partial charge in [-0.15, -0.1) is 0 Å². The van der Waals surface area contributed by atoms with Crippen molar-refractivity contribution >= 4 is 29.1 Å². The second-order valence-electron chi connectivity index (χ2n) is 6.19. The number of nitrogens with zero attached hydrogens (tertiary/aromatic N) is 4. The van der Waals surface area contributed by atoms with Crippen LogP contribution in [0.1, 0.15) is 11.3 Å². The highest BCUT2D eigenvalue weighted by molar-refractivity contribution is 6.31. The molecular formula is C20H22ClN5O. The van der Waals surface area contributed by atoms with Crippen LogP contribution in [0.15, 0.2) is 48.8 Å². The summed E-state index contributed by atoms with van der Waals surface area (Å²) in [6.45, 7) is 2.75. The molecule has 0 saturated heterocycles. The predicted molar refractivity (Wildman–Crippen MR) is 109 cm³/mol. The largest absolute Gasteiger partial charge is 0.495 e. The number of rotatable bonds is 7. The number of ether oxygens (including phenoxy) is 1. The molecule has 0 aliphatic rings. The highest BCUT2D eigenvalue weighted by Crippen LogP contribution is 2.30. The molecule has 0 aliphatic carbocycles. The zero-order valence-electron chi connectivity index (χ0n) is 15.6. The molecule has 0 bridgehead atoms. The van der Waals surface area contributed by atoms with E-state index in [0.29, 0.717) is 22.5 Å². The van der Waals surface area contributed by atoms with Gasteiger partial charge in [-0.05, 0) is 49.2 Å². The molecule has 0 atom stereocenters. The van der Waals surface area contributed by atoms with Crippen LogP contribution in [0.2, 0.25) is 5.02 Å². The number of anilines is 3. The van der Waals surface area contributed by atoms with Crippen molar-refractivity contribution in [2.24, 2.45) is 0 Å². The van der Waals surface area contributed by atoms with Gasteiger partial charge in [-0.25, -0.2) is 4.98 Å². The molecule has 0 spiro atoms. The molecule has 6 nitrogen and oxygen atoms in total. The van der Waals surface area contributed by atoms with Crippen molar-refractivity contribution in [3.63, 3.8) is 0 Å². The van der Waals surface area contributed by atoms with Gasteiger partial charge in [-0.2, -0.15) is 4.98 Å². The van der Waals surface area contributed by atoms with Crippen molar-refractivity contribution in [1.82, 2.24) is 15.0 Å². The normalized spacial score (nSPS) is 10.5. The molecule has 140 valence electrons. The minimum absolute atomic E-state index is 0.624. The fourth-order valence-electron chi connectivity index (χ4n) is 2.65. The van der Waals surface area contributed by atoms with E-state index < -0.39 is 0 Å². The summed E-state index contributed by atoms with van der Waals surface area (Å²) in [5.74, 6) is 2.05. The predicted octanol–water partition coefficient (Wildman–Crippen LogP) is 4.26. The first kappa shape index (κ1) is 18.9. The number of pyridine rings is 1. The minimum Gasteiger partial charge on any atom is -0.495 e. The van der Waals surface area contributed by atoms with Gasteiger partial charge < -0.3 is 15.0 Å². The average molecular weight is 384 g/mol. The molecule has 3 aromatic rings. The SMILES string of the molecule is COc1ccc(Cl)cc1Nc1cc(C)nc(N(C)CCc2ccncc2)n1. The Morgan fingerprint density at radius 3 is 2.63 bits per heavy atom. The summed E-state index contributed by atoms with van der Waals surface area (Å²) in [7, 11) is 3.61. The first-order chi connectivity index (χ1) is 13.0. The van der Waals surface area contributed by atoms with Gasteiger partial charge in [0.15, 0.2) is 0 Å². The van der Waals surface area contributed by atoms with Crippen LogP contribution >= 0.6 is 11.6 Å². The topological polar surface area (TPSA) is 63.2 Å². The lowest BCUT2D eigenvalue weighted by molar-refractivity contribution is 0.417. The highest BCUT2D eigenvalue weighted by Gasteiger charge is 2.10. The molecule has 1 N–H and O–H groups in total. The quantitative estimate of drug-likeness (QED) is 0.657. The number of likely N-dealkylation sites (N-methyl/N-ethyl adjacent to an activating group) is 1. The lowest BCUT2D eigenvalue weighted by Crippen LogP contribution is -2.23. The maximum Gasteiger partial charge on any atom is 0.227 e. The molecule has 7 heteroatoms. The Morgan fingerprint density at radius 1 is 1.11 bits per heavy atom. The molecule has 2 heterocycles. The van der Waals surface area contributed by atoms with Crippen LogP contribution in [0.25, 0.3) is 0 Å². The lowest BCUT2D eigenvalue weighted by atomic mass is 10.2. The van der Waals surface area contributed by atoms with Gasteiger partial charge in [-0.3, -0.25) is 4.98 Å². The number of nitrogens with one attached hydrogen (secondary N) is 1. The van der Waals surface area contributed by atoms with Gasteiger partial charge in [0.25, 0.3) is 0 Å². The number of hydrogen-bond donors (Lipinski definition) is 1. The third kappa shape index (κ3) is 5.08. The van der Waals surface area contributed by atoms with Crippen molar-refractivity contribution < 1.29 is 4.74 Å². The second kappa shape index (κ2) is 8.68. The zero-order valence-corrected chi connectivity index (χ0v) is 16.4. The Labute approximate surface area is 164 Å². The van der Waals surface area contributed by atoms with Crippen molar-refractivity contribution in [3.05, 3.63) is 65.1 Å². The van der Waals surface area contributed by atoms with Crippen molar-refractivity contribution in [3.8, 4) is 5.75 Å². The van der Waals surface area contributed by atoms with Gasteiger partial charge in [0.2, 0.25) is 5.95 Å². The summed E-state index contributed by atoms with van der Waals surface area (Å²) in [5, 5.41) is 3.90. The standard InChI is InChI=1S/C20H22ClN5O/c1-14-12-19(24-17-13-16(21)4-5-18(17)27-3)25-20(23-14)26(2)11-8-15-6-9-22-10-7-15/h4-7,9-10,12-13H,8,11H2,1-3H3,(H,23,24,25). The Balaban J connectivity index is 1.77. The van der Waals surface area contributed by atoms with Gasteiger partial charge >= 0.3 is 0 Å². The van der Waals surface area contributed by atoms with E-state index in [9.17, 15) is 0 Å². The van der Waals surface area contributed by atoms with E-state index in [2.05, 4.69) is 20.3 Å². The van der Waals surface area contributed by atoms with Crippen LogP contribution < -0.4 is 15.0 Å². The van der Waals surface area contributed by atoms with Gasteiger partial charge in [0.05, 0.1) is 12.8 Å². The van der Waals surface area contributed by atoms with E-state index in [1.165, 1.54) is 5.56 Å². The lowest BCUT2D eigenvalue weighted by Gasteiger charge is -2.19. The number of aryl methyl sites for hydroxylation is 1. The third-order valence-corrected chi connectivity index (χ3v) is 4.33.